The molecule has 20 heavy (non-hydrogen) atoms. The average Bonchev–Trinajstić information content (AvgIpc) is 2.25. The normalized spacial score (nSPS) is 13.9. The van der Waals surface area contributed by atoms with E-state index in [0.717, 1.165) is 0 Å². The molecule has 0 aromatic rings. The number of amides is 2. The van der Waals surface area contributed by atoms with Crippen LogP contribution in [0.1, 0.15) is 40.5 Å². The van der Waals surface area contributed by atoms with Crippen LogP contribution in [0.3, 0.4) is 0 Å². The molecule has 0 aliphatic carbocycles. The van der Waals surface area contributed by atoms with Crippen molar-refractivity contribution in [1.29, 1.82) is 0 Å². The predicted molar refractivity (Wildman–Crippen MR) is 73.4 cm³/mol. The summed E-state index contributed by atoms with van der Waals surface area (Å²) in [6, 6.07) is -2.82. The molecule has 0 spiro atoms. The first-order chi connectivity index (χ1) is 9.13. The van der Waals surface area contributed by atoms with Gasteiger partial charge >= 0.3 is 18.0 Å². The van der Waals surface area contributed by atoms with E-state index in [1.54, 1.807) is 0 Å². The van der Waals surface area contributed by atoms with Crippen molar-refractivity contribution < 1.29 is 24.6 Å². The van der Waals surface area contributed by atoms with Crippen LogP contribution in [-0.4, -0.2) is 40.3 Å². The molecule has 0 bridgehead atoms. The van der Waals surface area contributed by atoms with Crippen molar-refractivity contribution in [3.8, 4) is 0 Å². The lowest BCUT2D eigenvalue weighted by atomic mass is 10.0. The number of urea groups is 1. The zero-order chi connectivity index (χ0) is 15.9. The van der Waals surface area contributed by atoms with Crippen LogP contribution in [0, 0.1) is 11.8 Å². The zero-order valence-electron chi connectivity index (χ0n) is 12.3. The van der Waals surface area contributed by atoms with Gasteiger partial charge in [-0.05, 0) is 24.7 Å². The number of aliphatic carboxylic acids is 2. The SMILES string of the molecule is CC(C)C[C@@H](NC(=O)N[C@H](CC(C)C)C(=O)O)C(=O)O. The fraction of sp³-hybridized carbons (Fsp3) is 0.769. The van der Waals surface area contributed by atoms with Gasteiger partial charge in [0.15, 0.2) is 0 Å². The highest BCUT2D eigenvalue weighted by Crippen LogP contribution is 2.07. The molecule has 0 aromatic heterocycles. The lowest BCUT2D eigenvalue weighted by molar-refractivity contribution is -0.140. The van der Waals surface area contributed by atoms with Crippen molar-refractivity contribution in [2.24, 2.45) is 11.8 Å². The van der Waals surface area contributed by atoms with Gasteiger partial charge in [-0.15, -0.1) is 0 Å². The highest BCUT2D eigenvalue weighted by Gasteiger charge is 2.25. The summed E-state index contributed by atoms with van der Waals surface area (Å²) in [7, 11) is 0. The topological polar surface area (TPSA) is 116 Å². The zero-order valence-corrected chi connectivity index (χ0v) is 12.3. The van der Waals surface area contributed by atoms with Gasteiger partial charge in [0.2, 0.25) is 0 Å². The van der Waals surface area contributed by atoms with E-state index < -0.39 is 30.1 Å². The van der Waals surface area contributed by atoms with Crippen molar-refractivity contribution in [3.05, 3.63) is 0 Å². The third-order valence-electron chi connectivity index (χ3n) is 2.62. The molecule has 0 aliphatic rings. The highest BCUT2D eigenvalue weighted by atomic mass is 16.4. The van der Waals surface area contributed by atoms with Gasteiger partial charge in [0, 0.05) is 0 Å². The molecular weight excluding hydrogens is 264 g/mol. The van der Waals surface area contributed by atoms with Gasteiger partial charge in [-0.3, -0.25) is 0 Å². The van der Waals surface area contributed by atoms with Crippen LogP contribution >= 0.6 is 0 Å². The van der Waals surface area contributed by atoms with Crippen LogP contribution in [0.2, 0.25) is 0 Å². The van der Waals surface area contributed by atoms with E-state index in [-0.39, 0.29) is 24.7 Å². The molecule has 116 valence electrons. The maximum Gasteiger partial charge on any atom is 0.326 e. The van der Waals surface area contributed by atoms with E-state index in [0.29, 0.717) is 0 Å². The van der Waals surface area contributed by atoms with Gasteiger partial charge in [0.1, 0.15) is 12.1 Å². The Morgan fingerprint density at radius 2 is 1.10 bits per heavy atom. The van der Waals surface area contributed by atoms with Crippen molar-refractivity contribution in [1.82, 2.24) is 10.6 Å². The molecule has 2 atom stereocenters. The summed E-state index contributed by atoms with van der Waals surface area (Å²) in [6.07, 6.45) is 0.565. The minimum absolute atomic E-state index is 0.0994. The molecular formula is C13H24N2O5. The van der Waals surface area contributed by atoms with Gasteiger partial charge in [-0.25, -0.2) is 14.4 Å². The number of hydrogen-bond acceptors (Lipinski definition) is 3. The molecule has 0 heterocycles. The Labute approximate surface area is 118 Å². The summed E-state index contributed by atoms with van der Waals surface area (Å²) >= 11 is 0. The molecule has 0 fully saturated rings. The van der Waals surface area contributed by atoms with Crippen LogP contribution in [0.15, 0.2) is 0 Å². The number of carboxylic acids is 2. The first-order valence-corrected chi connectivity index (χ1v) is 6.66. The van der Waals surface area contributed by atoms with Gasteiger partial charge in [-0.1, -0.05) is 27.7 Å². The maximum atomic E-state index is 11.7. The lowest BCUT2D eigenvalue weighted by Gasteiger charge is -2.20. The molecule has 0 aromatic carbocycles. The van der Waals surface area contributed by atoms with Crippen molar-refractivity contribution in [2.75, 3.05) is 0 Å². The molecule has 7 nitrogen and oxygen atoms in total. The highest BCUT2D eigenvalue weighted by molar-refractivity contribution is 5.86. The fourth-order valence-electron chi connectivity index (χ4n) is 1.74. The molecule has 0 radical (unpaired) electrons. The second-order valence-corrected chi connectivity index (χ2v) is 5.66. The summed E-state index contributed by atoms with van der Waals surface area (Å²) in [4.78, 5) is 33.7. The second kappa shape index (κ2) is 8.39. The molecule has 0 rings (SSSR count). The third-order valence-corrected chi connectivity index (χ3v) is 2.62. The smallest absolute Gasteiger partial charge is 0.326 e. The number of nitrogens with one attached hydrogen (secondary N) is 2. The third kappa shape index (κ3) is 7.60. The first-order valence-electron chi connectivity index (χ1n) is 6.66. The van der Waals surface area contributed by atoms with Crippen LogP contribution < -0.4 is 10.6 Å². The van der Waals surface area contributed by atoms with Crippen LogP contribution in [0.25, 0.3) is 0 Å². The van der Waals surface area contributed by atoms with Crippen LogP contribution in [0.4, 0.5) is 4.79 Å². The fourth-order valence-corrected chi connectivity index (χ4v) is 1.74. The van der Waals surface area contributed by atoms with E-state index in [1.165, 1.54) is 0 Å². The predicted octanol–water partition coefficient (Wildman–Crippen LogP) is 1.28. The Hall–Kier alpha value is -1.79. The standard InChI is InChI=1S/C13H24N2O5/c1-7(2)5-9(11(16)17)14-13(20)15-10(12(18)19)6-8(3)4/h7-10H,5-6H2,1-4H3,(H,16,17)(H,18,19)(H2,14,15,20)/t9-,10-/m1/s1. The summed E-state index contributed by atoms with van der Waals surface area (Å²) in [6.45, 7) is 7.37. The van der Waals surface area contributed by atoms with Gasteiger partial charge in [0.05, 0.1) is 0 Å². The van der Waals surface area contributed by atoms with Gasteiger partial charge < -0.3 is 20.8 Å². The quantitative estimate of drug-likeness (QED) is 0.537. The Balaban J connectivity index is 4.56. The number of carbonyl (C=O) groups excluding carboxylic acids is 1. The van der Waals surface area contributed by atoms with E-state index >= 15 is 0 Å². The first kappa shape index (κ1) is 18.2. The Morgan fingerprint density at radius 3 is 1.30 bits per heavy atom. The summed E-state index contributed by atoms with van der Waals surface area (Å²) in [5, 5.41) is 22.6. The summed E-state index contributed by atoms with van der Waals surface area (Å²) < 4.78 is 0. The lowest BCUT2D eigenvalue weighted by Crippen LogP contribution is -2.51. The molecule has 0 aliphatic heterocycles. The Morgan fingerprint density at radius 1 is 0.800 bits per heavy atom. The monoisotopic (exact) mass is 288 g/mol. The van der Waals surface area contributed by atoms with Crippen molar-refractivity contribution in [3.63, 3.8) is 0 Å². The van der Waals surface area contributed by atoms with Crippen LogP contribution in [-0.2, 0) is 9.59 Å². The van der Waals surface area contributed by atoms with Crippen molar-refractivity contribution in [2.45, 2.75) is 52.6 Å². The van der Waals surface area contributed by atoms with Crippen LogP contribution in [0.5, 0.6) is 0 Å². The largest absolute Gasteiger partial charge is 0.480 e. The van der Waals surface area contributed by atoms with Gasteiger partial charge in [-0.2, -0.15) is 0 Å². The molecule has 7 heteroatoms. The number of rotatable bonds is 8. The molecule has 2 amide bonds. The number of carbonyl (C=O) groups is 3. The minimum atomic E-state index is -1.13. The number of carboxylic acid groups (broad SMARTS) is 2. The molecule has 0 unspecified atom stereocenters. The van der Waals surface area contributed by atoms with E-state index in [1.807, 2.05) is 27.7 Å². The second-order valence-electron chi connectivity index (χ2n) is 5.66. The van der Waals surface area contributed by atoms with E-state index in [2.05, 4.69) is 10.6 Å². The summed E-state index contributed by atoms with van der Waals surface area (Å²) in [5.41, 5.74) is 0. The van der Waals surface area contributed by atoms with E-state index in [9.17, 15) is 14.4 Å². The van der Waals surface area contributed by atoms with Crippen molar-refractivity contribution >= 4 is 18.0 Å². The average molecular weight is 288 g/mol. The Kier molecular flexibility index (Phi) is 7.64. The molecule has 0 saturated carbocycles. The van der Waals surface area contributed by atoms with E-state index in [4.69, 9.17) is 10.2 Å². The number of hydrogen-bond donors (Lipinski definition) is 4. The minimum Gasteiger partial charge on any atom is -0.480 e. The summed E-state index contributed by atoms with van der Waals surface area (Å²) in [5.74, 6) is -2.07. The Bertz CT molecular complexity index is 323. The van der Waals surface area contributed by atoms with Gasteiger partial charge in [0.25, 0.3) is 0 Å². The molecule has 0 saturated heterocycles. The molecule has 4 N–H and O–H groups in total. The maximum absolute atomic E-state index is 11.7.